The Morgan fingerprint density at radius 3 is 2.68 bits per heavy atom. The molecular weight excluding hydrogens is 526 g/mol. The summed E-state index contributed by atoms with van der Waals surface area (Å²) in [5.74, 6) is -0.0470. The number of sulfonamides is 1. The molecule has 0 saturated heterocycles. The Kier molecular flexibility index (Phi) is 7.10. The SMILES string of the molecule is CN(C)Cc1ccc2[nH]c(C(=O)N3CC(CCl)c4c3cc(N)c3cc(S(=O)(=O)NCCO)ccc43)cc2c1. The number of rotatable bonds is 8. The van der Waals surface area contributed by atoms with Gasteiger partial charge < -0.3 is 25.6 Å². The van der Waals surface area contributed by atoms with E-state index in [1.165, 1.54) is 12.1 Å². The predicted octanol–water partition coefficient (Wildman–Crippen LogP) is 3.22. The molecule has 5 rings (SSSR count). The highest BCUT2D eigenvalue weighted by atomic mass is 35.5. The number of nitrogens with zero attached hydrogens (tertiary/aromatic N) is 2. The molecule has 0 radical (unpaired) electrons. The maximum atomic E-state index is 13.7. The van der Waals surface area contributed by atoms with Crippen LogP contribution in [0.3, 0.4) is 0 Å². The number of carbonyl (C=O) groups excluding carboxylic acids is 1. The molecule has 200 valence electrons. The summed E-state index contributed by atoms with van der Waals surface area (Å²) in [5, 5.41) is 11.3. The topological polar surface area (TPSA) is 132 Å². The summed E-state index contributed by atoms with van der Waals surface area (Å²) >= 11 is 6.37. The van der Waals surface area contributed by atoms with Crippen LogP contribution in [0.4, 0.5) is 11.4 Å². The number of halogens is 1. The number of nitrogen functional groups attached to an aromatic ring is 1. The first-order valence-electron chi connectivity index (χ1n) is 12.2. The van der Waals surface area contributed by atoms with Gasteiger partial charge in [-0.2, -0.15) is 0 Å². The molecular formula is C27H30ClN5O4S. The largest absolute Gasteiger partial charge is 0.398 e. The van der Waals surface area contributed by atoms with E-state index in [2.05, 4.69) is 20.7 Å². The van der Waals surface area contributed by atoms with Crippen LogP contribution in [-0.4, -0.2) is 69.0 Å². The van der Waals surface area contributed by atoms with E-state index >= 15 is 0 Å². The quantitative estimate of drug-likeness (QED) is 0.195. The van der Waals surface area contributed by atoms with Gasteiger partial charge in [0.15, 0.2) is 0 Å². The van der Waals surface area contributed by atoms with Gasteiger partial charge in [-0.25, -0.2) is 13.1 Å². The van der Waals surface area contributed by atoms with E-state index in [1.54, 1.807) is 17.0 Å². The number of hydrogen-bond acceptors (Lipinski definition) is 6. The first kappa shape index (κ1) is 26.5. The fourth-order valence-corrected chi connectivity index (χ4v) is 6.45. The van der Waals surface area contributed by atoms with Gasteiger partial charge in [0.2, 0.25) is 10.0 Å². The number of nitrogens with one attached hydrogen (secondary N) is 2. The fourth-order valence-electron chi connectivity index (χ4n) is 5.16. The minimum absolute atomic E-state index is 0.0464. The maximum absolute atomic E-state index is 13.7. The van der Waals surface area contributed by atoms with Crippen LogP contribution in [0.15, 0.2) is 53.4 Å². The lowest BCUT2D eigenvalue weighted by Crippen LogP contribution is -2.30. The lowest BCUT2D eigenvalue weighted by molar-refractivity contribution is 0.0984. The highest BCUT2D eigenvalue weighted by Crippen LogP contribution is 2.45. The normalized spacial score (nSPS) is 15.6. The summed E-state index contributed by atoms with van der Waals surface area (Å²) in [7, 11) is 0.213. The number of fused-ring (bicyclic) bond motifs is 4. The lowest BCUT2D eigenvalue weighted by Gasteiger charge is -2.18. The molecule has 1 amide bonds. The van der Waals surface area contributed by atoms with Crippen molar-refractivity contribution in [2.75, 3.05) is 50.3 Å². The summed E-state index contributed by atoms with van der Waals surface area (Å²) in [6.45, 7) is 0.789. The van der Waals surface area contributed by atoms with Crippen LogP contribution in [-0.2, 0) is 16.6 Å². The Balaban J connectivity index is 1.54. The summed E-state index contributed by atoms with van der Waals surface area (Å²) in [6.07, 6.45) is 0. The highest BCUT2D eigenvalue weighted by Gasteiger charge is 2.35. The van der Waals surface area contributed by atoms with Crippen molar-refractivity contribution in [1.29, 1.82) is 0 Å². The molecule has 0 saturated carbocycles. The molecule has 5 N–H and O–H groups in total. The smallest absolute Gasteiger partial charge is 0.274 e. The Bertz CT molecular complexity index is 1650. The van der Waals surface area contributed by atoms with Crippen LogP contribution in [0, 0.1) is 0 Å². The minimum Gasteiger partial charge on any atom is -0.398 e. The molecule has 0 fully saturated rings. The molecule has 4 aromatic rings. The second-order valence-electron chi connectivity index (χ2n) is 9.84. The van der Waals surface area contributed by atoms with Gasteiger partial charge in [0.1, 0.15) is 5.69 Å². The first-order chi connectivity index (χ1) is 18.1. The number of aliphatic hydroxyl groups excluding tert-OH is 1. The van der Waals surface area contributed by atoms with Gasteiger partial charge in [-0.05, 0) is 67.0 Å². The van der Waals surface area contributed by atoms with Gasteiger partial charge in [-0.3, -0.25) is 4.79 Å². The number of anilines is 2. The van der Waals surface area contributed by atoms with Gasteiger partial charge in [0.25, 0.3) is 5.91 Å². The van der Waals surface area contributed by atoms with E-state index in [9.17, 15) is 13.2 Å². The number of carbonyl (C=O) groups is 1. The van der Waals surface area contributed by atoms with Crippen LogP contribution < -0.4 is 15.4 Å². The van der Waals surface area contributed by atoms with Gasteiger partial charge in [0.05, 0.1) is 17.2 Å². The second-order valence-corrected chi connectivity index (χ2v) is 11.9. The molecule has 1 aliphatic heterocycles. The van der Waals surface area contributed by atoms with Gasteiger partial charge >= 0.3 is 0 Å². The zero-order chi connectivity index (χ0) is 27.2. The van der Waals surface area contributed by atoms with E-state index in [4.69, 9.17) is 22.4 Å². The Morgan fingerprint density at radius 1 is 1.18 bits per heavy atom. The van der Waals surface area contributed by atoms with Crippen molar-refractivity contribution in [2.24, 2.45) is 0 Å². The molecule has 0 aliphatic carbocycles. The van der Waals surface area contributed by atoms with Gasteiger partial charge in [-0.1, -0.05) is 12.1 Å². The van der Waals surface area contributed by atoms with E-state index in [1.807, 2.05) is 32.3 Å². The van der Waals surface area contributed by atoms with E-state index in [-0.39, 0.29) is 35.8 Å². The molecule has 1 unspecified atom stereocenters. The van der Waals surface area contributed by atoms with Crippen LogP contribution in [0.1, 0.15) is 27.5 Å². The maximum Gasteiger partial charge on any atom is 0.274 e. The van der Waals surface area contributed by atoms with Crippen molar-refractivity contribution in [3.05, 3.63) is 65.4 Å². The predicted molar refractivity (Wildman–Crippen MR) is 151 cm³/mol. The number of hydrogen-bond donors (Lipinski definition) is 4. The molecule has 2 heterocycles. The van der Waals surface area contributed by atoms with Gasteiger partial charge in [-0.15, -0.1) is 11.6 Å². The second kappa shape index (κ2) is 10.2. The zero-order valence-electron chi connectivity index (χ0n) is 21.2. The van der Waals surface area contributed by atoms with Crippen LogP contribution in [0.2, 0.25) is 0 Å². The molecule has 0 spiro atoms. The van der Waals surface area contributed by atoms with E-state index in [0.29, 0.717) is 29.0 Å². The number of amides is 1. The number of aromatic amines is 1. The van der Waals surface area contributed by atoms with Crippen molar-refractivity contribution >= 4 is 60.6 Å². The molecule has 1 aliphatic rings. The summed E-state index contributed by atoms with van der Waals surface area (Å²) in [5.41, 5.74) is 10.8. The minimum atomic E-state index is -3.81. The van der Waals surface area contributed by atoms with Crippen molar-refractivity contribution in [3.8, 4) is 0 Å². The Morgan fingerprint density at radius 2 is 1.97 bits per heavy atom. The summed E-state index contributed by atoms with van der Waals surface area (Å²) in [4.78, 5) is 20.8. The molecule has 1 aromatic heterocycles. The number of nitrogens with two attached hydrogens (primary N) is 1. The first-order valence-corrected chi connectivity index (χ1v) is 14.3. The molecule has 3 aromatic carbocycles. The molecule has 38 heavy (non-hydrogen) atoms. The lowest BCUT2D eigenvalue weighted by atomic mass is 9.95. The number of alkyl halides is 1. The number of H-pyrrole nitrogens is 1. The van der Waals surface area contributed by atoms with Crippen LogP contribution in [0.5, 0.6) is 0 Å². The average Bonchev–Trinajstić information content (AvgIpc) is 3.48. The van der Waals surface area contributed by atoms with E-state index in [0.717, 1.165) is 34.0 Å². The third-order valence-corrected chi connectivity index (χ3v) is 8.65. The Hall–Kier alpha value is -3.15. The average molecular weight is 556 g/mol. The van der Waals surface area contributed by atoms with Crippen molar-refractivity contribution in [2.45, 2.75) is 17.4 Å². The van der Waals surface area contributed by atoms with Crippen LogP contribution in [0.25, 0.3) is 21.7 Å². The third-order valence-electron chi connectivity index (χ3n) is 6.82. The third kappa shape index (κ3) is 4.74. The number of benzene rings is 3. The van der Waals surface area contributed by atoms with Crippen molar-refractivity contribution in [1.82, 2.24) is 14.6 Å². The van der Waals surface area contributed by atoms with Gasteiger partial charge in [0, 0.05) is 53.4 Å². The fraction of sp³-hybridized carbons (Fsp3) is 0.296. The van der Waals surface area contributed by atoms with E-state index < -0.39 is 10.0 Å². The molecule has 1 atom stereocenters. The molecule has 0 bridgehead atoms. The molecule has 11 heteroatoms. The monoisotopic (exact) mass is 555 g/mol. The standard InChI is InChI=1S/C27H30ClN5O4S/c1-32(2)14-16-3-6-23-17(9-16)10-24(31-23)27(35)33-15-18(13-28)26-20-5-4-19(38(36,37)30-7-8-34)11-21(20)22(29)12-25(26)33/h3-6,9-12,18,30-31,34H,7-8,13-15,29H2,1-2H3. The highest BCUT2D eigenvalue weighted by molar-refractivity contribution is 7.89. The van der Waals surface area contributed by atoms with Crippen LogP contribution >= 0.6 is 11.6 Å². The van der Waals surface area contributed by atoms with Crippen molar-refractivity contribution < 1.29 is 18.3 Å². The zero-order valence-corrected chi connectivity index (χ0v) is 22.7. The Labute approximate surface area is 226 Å². The molecule has 9 nitrogen and oxygen atoms in total. The number of aromatic nitrogens is 1. The van der Waals surface area contributed by atoms with Crippen molar-refractivity contribution in [3.63, 3.8) is 0 Å². The summed E-state index contributed by atoms with van der Waals surface area (Å²) < 4.78 is 27.6. The number of aliphatic hydroxyl groups is 1. The summed E-state index contributed by atoms with van der Waals surface area (Å²) in [6, 6.07) is 14.4.